The number of amides is 1. The van der Waals surface area contributed by atoms with Gasteiger partial charge in [0.15, 0.2) is 5.82 Å². The molecule has 0 aromatic carbocycles. The first kappa shape index (κ1) is 20.0. The van der Waals surface area contributed by atoms with E-state index in [1.807, 2.05) is 0 Å². The van der Waals surface area contributed by atoms with Gasteiger partial charge in [-0.05, 0) is 24.8 Å². The van der Waals surface area contributed by atoms with E-state index >= 15 is 0 Å². The van der Waals surface area contributed by atoms with Gasteiger partial charge in [-0.3, -0.25) is 4.79 Å². The van der Waals surface area contributed by atoms with E-state index in [-0.39, 0.29) is 49.2 Å². The van der Waals surface area contributed by atoms with Gasteiger partial charge < -0.3 is 15.2 Å². The summed E-state index contributed by atoms with van der Waals surface area (Å²) >= 11 is 0. The number of carbonyl (C=O) groups excluding carboxylic acids is 1. The molecule has 2 N–H and O–H groups in total. The Balaban J connectivity index is 0.00000225. The molecule has 6 nitrogen and oxygen atoms in total. The quantitative estimate of drug-likeness (QED) is 0.872. The highest BCUT2D eigenvalue weighted by molar-refractivity contribution is 5.85. The van der Waals surface area contributed by atoms with Crippen LogP contribution >= 0.6 is 12.4 Å². The van der Waals surface area contributed by atoms with Crippen molar-refractivity contribution in [3.05, 3.63) is 11.6 Å². The van der Waals surface area contributed by atoms with Gasteiger partial charge in [0.25, 0.3) is 0 Å². The van der Waals surface area contributed by atoms with Crippen LogP contribution in [0, 0.1) is 5.41 Å². The third-order valence-corrected chi connectivity index (χ3v) is 5.23. The molecule has 0 radical (unpaired) electrons. The maximum atomic E-state index is 12.9. The molecule has 1 aliphatic heterocycles. The number of aromatic nitrogens is 3. The van der Waals surface area contributed by atoms with Crippen molar-refractivity contribution < 1.29 is 18.0 Å². The van der Waals surface area contributed by atoms with Crippen LogP contribution < -0.4 is 5.73 Å². The second-order valence-electron chi connectivity index (χ2n) is 6.85. The lowest BCUT2D eigenvalue weighted by Crippen LogP contribution is -2.43. The molecule has 1 aromatic rings. The number of alkyl halides is 3. The number of carbonyl (C=O) groups is 1. The molecule has 1 aliphatic carbocycles. The molecule has 1 aromatic heterocycles. The standard InChI is InChI=1S/C15H22F3N5O.ClH/c16-15(17,18)13-21-20-11-9-22(6-7-23(11)13)12(24)8-14(10-19)4-2-1-3-5-14;/h1-10,19H2;1H. The highest BCUT2D eigenvalue weighted by Gasteiger charge is 2.40. The van der Waals surface area contributed by atoms with Gasteiger partial charge in [-0.2, -0.15) is 13.2 Å². The Labute approximate surface area is 150 Å². The SMILES string of the molecule is Cl.NCC1(CC(=O)N2CCn3c(nnc3C(F)(F)F)C2)CCCCC1. The van der Waals surface area contributed by atoms with E-state index in [4.69, 9.17) is 5.73 Å². The van der Waals surface area contributed by atoms with Crippen LogP contribution in [0.5, 0.6) is 0 Å². The van der Waals surface area contributed by atoms with Gasteiger partial charge in [0.2, 0.25) is 11.7 Å². The Morgan fingerprint density at radius 2 is 1.84 bits per heavy atom. The van der Waals surface area contributed by atoms with Crippen LogP contribution in [-0.2, 0) is 24.1 Å². The molecule has 1 fully saturated rings. The summed E-state index contributed by atoms with van der Waals surface area (Å²) in [6.45, 7) is 0.857. The van der Waals surface area contributed by atoms with E-state index in [2.05, 4.69) is 10.2 Å². The van der Waals surface area contributed by atoms with Gasteiger partial charge in [0.1, 0.15) is 0 Å². The lowest BCUT2D eigenvalue weighted by Gasteiger charge is -2.38. The normalized spacial score (nSPS) is 19.9. The summed E-state index contributed by atoms with van der Waals surface area (Å²) in [5, 5.41) is 6.85. The molecular weight excluding hydrogens is 359 g/mol. The minimum atomic E-state index is -4.52. The van der Waals surface area contributed by atoms with Crippen LogP contribution in [0.2, 0.25) is 0 Å². The summed E-state index contributed by atoms with van der Waals surface area (Å²) in [5.41, 5.74) is 5.77. The zero-order valence-corrected chi connectivity index (χ0v) is 14.7. The average Bonchev–Trinajstić information content (AvgIpc) is 2.99. The first-order valence-electron chi connectivity index (χ1n) is 8.32. The maximum absolute atomic E-state index is 12.9. The third-order valence-electron chi connectivity index (χ3n) is 5.23. The molecular formula is C15H23ClF3N5O. The fourth-order valence-corrected chi connectivity index (χ4v) is 3.77. The highest BCUT2D eigenvalue weighted by Crippen LogP contribution is 2.39. The number of rotatable bonds is 3. The van der Waals surface area contributed by atoms with Crippen molar-refractivity contribution in [2.45, 2.75) is 57.8 Å². The van der Waals surface area contributed by atoms with Crippen LogP contribution in [0.1, 0.15) is 50.2 Å². The van der Waals surface area contributed by atoms with Crippen molar-refractivity contribution in [1.29, 1.82) is 0 Å². The zero-order valence-electron chi connectivity index (χ0n) is 13.9. The Hall–Kier alpha value is -1.35. The Kier molecular flexibility index (Phi) is 5.98. The zero-order chi connectivity index (χ0) is 17.4. The second kappa shape index (κ2) is 7.49. The molecule has 2 heterocycles. The summed E-state index contributed by atoms with van der Waals surface area (Å²) in [7, 11) is 0. The Bertz CT molecular complexity index is 613. The summed E-state index contributed by atoms with van der Waals surface area (Å²) in [6, 6.07) is 0. The van der Waals surface area contributed by atoms with Crippen molar-refractivity contribution in [2.24, 2.45) is 11.1 Å². The van der Waals surface area contributed by atoms with Gasteiger partial charge in [0, 0.05) is 19.5 Å². The molecule has 0 unspecified atom stereocenters. The number of hydrogen-bond acceptors (Lipinski definition) is 4. The minimum Gasteiger partial charge on any atom is -0.333 e. The van der Waals surface area contributed by atoms with Crippen LogP contribution in [0.25, 0.3) is 0 Å². The van der Waals surface area contributed by atoms with E-state index in [1.165, 1.54) is 6.42 Å². The monoisotopic (exact) mass is 381 g/mol. The highest BCUT2D eigenvalue weighted by atomic mass is 35.5. The molecule has 2 aliphatic rings. The maximum Gasteiger partial charge on any atom is 0.451 e. The average molecular weight is 382 g/mol. The Morgan fingerprint density at radius 3 is 2.44 bits per heavy atom. The van der Waals surface area contributed by atoms with Crippen LogP contribution in [0.3, 0.4) is 0 Å². The fourth-order valence-electron chi connectivity index (χ4n) is 3.77. The Morgan fingerprint density at radius 1 is 1.16 bits per heavy atom. The molecule has 0 saturated heterocycles. The number of nitrogens with two attached hydrogens (primary N) is 1. The van der Waals surface area contributed by atoms with Gasteiger partial charge in [-0.25, -0.2) is 0 Å². The van der Waals surface area contributed by atoms with E-state index in [0.29, 0.717) is 13.0 Å². The van der Waals surface area contributed by atoms with E-state index in [1.54, 1.807) is 4.90 Å². The lowest BCUT2D eigenvalue weighted by molar-refractivity contribution is -0.148. The molecule has 0 bridgehead atoms. The van der Waals surface area contributed by atoms with Crippen LogP contribution in [-0.4, -0.2) is 38.7 Å². The fraction of sp³-hybridized carbons (Fsp3) is 0.800. The molecule has 142 valence electrons. The molecule has 1 saturated carbocycles. The topological polar surface area (TPSA) is 77.0 Å². The second-order valence-corrected chi connectivity index (χ2v) is 6.85. The molecule has 10 heteroatoms. The minimum absolute atomic E-state index is 0. The van der Waals surface area contributed by atoms with Crippen molar-refractivity contribution in [3.63, 3.8) is 0 Å². The molecule has 1 amide bonds. The van der Waals surface area contributed by atoms with Crippen molar-refractivity contribution in [2.75, 3.05) is 13.1 Å². The number of hydrogen-bond donors (Lipinski definition) is 1. The first-order valence-corrected chi connectivity index (χ1v) is 8.32. The number of halogens is 4. The van der Waals surface area contributed by atoms with E-state index in [9.17, 15) is 18.0 Å². The number of fused-ring (bicyclic) bond motifs is 1. The van der Waals surface area contributed by atoms with Gasteiger partial charge in [-0.1, -0.05) is 19.3 Å². The van der Waals surface area contributed by atoms with E-state index < -0.39 is 12.0 Å². The van der Waals surface area contributed by atoms with Gasteiger partial charge >= 0.3 is 6.18 Å². The van der Waals surface area contributed by atoms with Crippen LogP contribution in [0.15, 0.2) is 0 Å². The lowest BCUT2D eigenvalue weighted by atomic mass is 9.71. The summed E-state index contributed by atoms with van der Waals surface area (Å²) in [4.78, 5) is 14.2. The first-order chi connectivity index (χ1) is 11.3. The third kappa shape index (κ3) is 4.08. The summed E-state index contributed by atoms with van der Waals surface area (Å²) in [6.07, 6.45) is 1.05. The van der Waals surface area contributed by atoms with Crippen molar-refractivity contribution in [3.8, 4) is 0 Å². The summed E-state index contributed by atoms with van der Waals surface area (Å²) < 4.78 is 39.6. The molecule has 0 atom stereocenters. The van der Waals surface area contributed by atoms with E-state index in [0.717, 1.165) is 30.3 Å². The van der Waals surface area contributed by atoms with Gasteiger partial charge in [-0.15, -0.1) is 22.6 Å². The predicted molar refractivity (Wildman–Crippen MR) is 86.9 cm³/mol. The van der Waals surface area contributed by atoms with Crippen molar-refractivity contribution in [1.82, 2.24) is 19.7 Å². The molecule has 0 spiro atoms. The van der Waals surface area contributed by atoms with Crippen LogP contribution in [0.4, 0.5) is 13.2 Å². The summed E-state index contributed by atoms with van der Waals surface area (Å²) in [5.74, 6) is -0.854. The van der Waals surface area contributed by atoms with Crippen molar-refractivity contribution >= 4 is 18.3 Å². The van der Waals surface area contributed by atoms with Gasteiger partial charge in [0.05, 0.1) is 6.54 Å². The molecule has 25 heavy (non-hydrogen) atoms. The largest absolute Gasteiger partial charge is 0.451 e. The molecule has 3 rings (SSSR count). The number of nitrogens with zero attached hydrogens (tertiary/aromatic N) is 4. The smallest absolute Gasteiger partial charge is 0.333 e. The predicted octanol–water partition coefficient (Wildman–Crippen LogP) is 2.36.